The number of aromatic nitrogens is 2. The van der Waals surface area contributed by atoms with Crippen LogP contribution in [-0.2, 0) is 18.4 Å². The number of aryl methyl sites for hydroxylation is 2. The highest BCUT2D eigenvalue weighted by Gasteiger charge is 2.01. The third-order valence-electron chi connectivity index (χ3n) is 1.72. The Labute approximate surface area is 73.4 Å². The van der Waals surface area contributed by atoms with Crippen molar-refractivity contribution in [3.8, 4) is 0 Å². The normalized spacial score (nSPS) is 11.1. The molecule has 0 aliphatic heterocycles. The van der Waals surface area contributed by atoms with Gasteiger partial charge in [0.2, 0.25) is 0 Å². The molecule has 0 fully saturated rings. The van der Waals surface area contributed by atoms with Gasteiger partial charge in [0.1, 0.15) is 5.82 Å². The molecule has 0 unspecified atom stereocenters. The molecule has 0 aromatic carbocycles. The van der Waals surface area contributed by atoms with E-state index in [-0.39, 0.29) is 6.10 Å². The lowest BCUT2D eigenvalue weighted by Crippen LogP contribution is -2.02. The van der Waals surface area contributed by atoms with Crippen LogP contribution in [0.3, 0.4) is 0 Å². The molecule has 0 saturated heterocycles. The Morgan fingerprint density at radius 3 is 2.67 bits per heavy atom. The smallest absolute Gasteiger partial charge is 0.105 e. The van der Waals surface area contributed by atoms with Crippen molar-refractivity contribution in [3.05, 3.63) is 17.7 Å². The lowest BCUT2D eigenvalue weighted by atomic mass is 10.4. The van der Waals surface area contributed by atoms with Gasteiger partial charge >= 0.3 is 0 Å². The molecular weight excluding hydrogens is 152 g/mol. The monoisotopic (exact) mass is 168 g/mol. The first-order valence-corrected chi connectivity index (χ1v) is 4.20. The first kappa shape index (κ1) is 9.26. The van der Waals surface area contributed by atoms with E-state index in [0.717, 1.165) is 11.5 Å². The second-order valence-electron chi connectivity index (χ2n) is 3.25. The van der Waals surface area contributed by atoms with Crippen molar-refractivity contribution in [3.63, 3.8) is 0 Å². The van der Waals surface area contributed by atoms with Crippen LogP contribution >= 0.6 is 0 Å². The quantitative estimate of drug-likeness (QED) is 0.686. The van der Waals surface area contributed by atoms with Crippen LogP contribution in [0.15, 0.2) is 6.20 Å². The van der Waals surface area contributed by atoms with E-state index >= 15 is 0 Å². The van der Waals surface area contributed by atoms with Crippen molar-refractivity contribution in [1.82, 2.24) is 9.55 Å². The molecule has 0 N–H and O–H groups in total. The highest BCUT2D eigenvalue weighted by molar-refractivity contribution is 5.00. The first-order valence-electron chi connectivity index (χ1n) is 4.20. The van der Waals surface area contributed by atoms with E-state index in [9.17, 15) is 0 Å². The molecular formula is C9H16N2O. The summed E-state index contributed by atoms with van der Waals surface area (Å²) in [5.41, 5.74) is 1.00. The summed E-state index contributed by atoms with van der Waals surface area (Å²) in [4.78, 5) is 4.32. The average molecular weight is 168 g/mol. The number of rotatable bonds is 3. The van der Waals surface area contributed by atoms with Crippen LogP contribution in [0.4, 0.5) is 0 Å². The topological polar surface area (TPSA) is 27.1 Å². The molecule has 0 radical (unpaired) electrons. The van der Waals surface area contributed by atoms with Gasteiger partial charge in [-0.2, -0.15) is 0 Å². The molecule has 0 saturated carbocycles. The molecule has 1 aromatic heterocycles. The molecule has 0 spiro atoms. The van der Waals surface area contributed by atoms with Crippen molar-refractivity contribution in [2.45, 2.75) is 33.5 Å². The Bertz CT molecular complexity index is 234. The summed E-state index contributed by atoms with van der Waals surface area (Å²) in [6, 6.07) is 0. The fourth-order valence-electron chi connectivity index (χ4n) is 0.954. The molecule has 68 valence electrons. The van der Waals surface area contributed by atoms with Crippen LogP contribution in [0, 0.1) is 6.92 Å². The van der Waals surface area contributed by atoms with Gasteiger partial charge in [-0.1, -0.05) is 0 Å². The maximum Gasteiger partial charge on any atom is 0.105 e. The van der Waals surface area contributed by atoms with Gasteiger partial charge in [0.25, 0.3) is 0 Å². The number of hydrogen-bond acceptors (Lipinski definition) is 2. The van der Waals surface area contributed by atoms with E-state index < -0.39 is 0 Å². The van der Waals surface area contributed by atoms with Gasteiger partial charge < -0.3 is 9.30 Å². The van der Waals surface area contributed by atoms with Gasteiger partial charge in [-0.15, -0.1) is 0 Å². The molecule has 0 atom stereocenters. The Morgan fingerprint density at radius 2 is 2.25 bits per heavy atom. The zero-order valence-corrected chi connectivity index (χ0v) is 8.16. The minimum atomic E-state index is 0.271. The number of ether oxygens (including phenoxy) is 1. The molecule has 0 aliphatic rings. The zero-order valence-electron chi connectivity index (χ0n) is 8.16. The SMILES string of the molecule is Cc1nc(COC(C)C)cn1C. The van der Waals surface area contributed by atoms with E-state index in [4.69, 9.17) is 4.74 Å². The number of nitrogens with zero attached hydrogens (tertiary/aromatic N) is 2. The Kier molecular flexibility index (Phi) is 2.87. The molecule has 12 heavy (non-hydrogen) atoms. The van der Waals surface area contributed by atoms with E-state index in [1.54, 1.807) is 0 Å². The molecule has 0 amide bonds. The van der Waals surface area contributed by atoms with Crippen molar-refractivity contribution < 1.29 is 4.74 Å². The van der Waals surface area contributed by atoms with E-state index in [1.807, 2.05) is 38.6 Å². The van der Waals surface area contributed by atoms with Crippen LogP contribution < -0.4 is 0 Å². The van der Waals surface area contributed by atoms with Crippen molar-refractivity contribution in [2.75, 3.05) is 0 Å². The second kappa shape index (κ2) is 3.72. The summed E-state index contributed by atoms with van der Waals surface area (Å²) in [6.45, 7) is 6.64. The van der Waals surface area contributed by atoms with Crippen LogP contribution in [-0.4, -0.2) is 15.7 Å². The fourth-order valence-corrected chi connectivity index (χ4v) is 0.954. The van der Waals surface area contributed by atoms with Crippen molar-refractivity contribution >= 4 is 0 Å². The van der Waals surface area contributed by atoms with Crippen LogP contribution in [0.25, 0.3) is 0 Å². The van der Waals surface area contributed by atoms with Gasteiger partial charge in [0.15, 0.2) is 0 Å². The summed E-state index contributed by atoms with van der Waals surface area (Å²) in [7, 11) is 1.99. The fraction of sp³-hybridized carbons (Fsp3) is 0.667. The van der Waals surface area contributed by atoms with Crippen LogP contribution in [0.5, 0.6) is 0 Å². The Morgan fingerprint density at radius 1 is 1.58 bits per heavy atom. The predicted octanol–water partition coefficient (Wildman–Crippen LogP) is 1.65. The largest absolute Gasteiger partial charge is 0.372 e. The lowest BCUT2D eigenvalue weighted by molar-refractivity contribution is 0.0637. The maximum absolute atomic E-state index is 5.42. The van der Waals surface area contributed by atoms with Gasteiger partial charge in [-0.3, -0.25) is 0 Å². The average Bonchev–Trinajstić information content (AvgIpc) is 2.28. The minimum absolute atomic E-state index is 0.271. The van der Waals surface area contributed by atoms with E-state index in [1.165, 1.54) is 0 Å². The molecule has 1 rings (SSSR count). The van der Waals surface area contributed by atoms with Crippen molar-refractivity contribution in [2.24, 2.45) is 7.05 Å². The Balaban J connectivity index is 2.53. The zero-order chi connectivity index (χ0) is 9.14. The Hall–Kier alpha value is -0.830. The van der Waals surface area contributed by atoms with Gasteiger partial charge in [0.05, 0.1) is 18.4 Å². The first-order chi connectivity index (χ1) is 5.59. The van der Waals surface area contributed by atoms with Crippen LogP contribution in [0.1, 0.15) is 25.4 Å². The maximum atomic E-state index is 5.42. The van der Waals surface area contributed by atoms with Crippen LogP contribution in [0.2, 0.25) is 0 Å². The molecule has 0 bridgehead atoms. The summed E-state index contributed by atoms with van der Waals surface area (Å²) in [6.07, 6.45) is 2.27. The summed E-state index contributed by atoms with van der Waals surface area (Å²) in [5, 5.41) is 0. The minimum Gasteiger partial charge on any atom is -0.372 e. The van der Waals surface area contributed by atoms with Gasteiger partial charge in [-0.25, -0.2) is 4.98 Å². The summed E-state index contributed by atoms with van der Waals surface area (Å²) < 4.78 is 7.42. The number of imidazole rings is 1. The molecule has 1 aromatic rings. The summed E-state index contributed by atoms with van der Waals surface area (Å²) >= 11 is 0. The van der Waals surface area contributed by atoms with Gasteiger partial charge in [0, 0.05) is 13.2 Å². The lowest BCUT2D eigenvalue weighted by Gasteiger charge is -2.03. The van der Waals surface area contributed by atoms with Gasteiger partial charge in [-0.05, 0) is 20.8 Å². The predicted molar refractivity (Wildman–Crippen MR) is 47.9 cm³/mol. The van der Waals surface area contributed by atoms with E-state index in [2.05, 4.69) is 4.98 Å². The number of hydrogen-bond donors (Lipinski definition) is 0. The summed E-state index contributed by atoms with van der Waals surface area (Å²) in [5.74, 6) is 1.03. The molecule has 1 heterocycles. The van der Waals surface area contributed by atoms with E-state index in [0.29, 0.717) is 6.61 Å². The third-order valence-corrected chi connectivity index (χ3v) is 1.72. The molecule has 3 heteroatoms. The highest BCUT2D eigenvalue weighted by Crippen LogP contribution is 2.03. The molecule has 3 nitrogen and oxygen atoms in total. The highest BCUT2D eigenvalue weighted by atomic mass is 16.5. The standard InChI is InChI=1S/C9H16N2O/c1-7(2)12-6-9-5-11(4)8(3)10-9/h5,7H,6H2,1-4H3. The van der Waals surface area contributed by atoms with Crippen molar-refractivity contribution in [1.29, 1.82) is 0 Å². The second-order valence-corrected chi connectivity index (χ2v) is 3.25. The molecule has 0 aliphatic carbocycles. The third kappa shape index (κ3) is 2.34.